The summed E-state index contributed by atoms with van der Waals surface area (Å²) in [6.07, 6.45) is 0.481. The highest BCUT2D eigenvalue weighted by molar-refractivity contribution is 6.30. The first-order valence-corrected chi connectivity index (χ1v) is 11.6. The Morgan fingerprint density at radius 2 is 1.83 bits per heavy atom. The van der Waals surface area contributed by atoms with Crippen LogP contribution in [0.2, 0.25) is 5.02 Å². The van der Waals surface area contributed by atoms with Gasteiger partial charge in [-0.1, -0.05) is 48.9 Å². The molecule has 0 aliphatic carbocycles. The van der Waals surface area contributed by atoms with Crippen LogP contribution in [0.15, 0.2) is 58.1 Å². The van der Waals surface area contributed by atoms with E-state index in [0.717, 1.165) is 16.0 Å². The standard InChI is InChI=1S/C25H27ClN4O6/c1-3-11-29(20(31)14-36-21(32)15-35-19-10-9-18(26)12-16(19)2)22-23(27)30(25(34)28-24(22)33)13-17-7-5-4-6-8-17/h4-10,12H,3,11,13-15,27H2,1-2H3,(H,28,33,34). The van der Waals surface area contributed by atoms with E-state index in [2.05, 4.69) is 4.98 Å². The summed E-state index contributed by atoms with van der Waals surface area (Å²) in [7, 11) is 0. The lowest BCUT2D eigenvalue weighted by Gasteiger charge is -2.24. The number of benzene rings is 2. The average molecular weight is 515 g/mol. The fourth-order valence-corrected chi connectivity index (χ4v) is 3.75. The van der Waals surface area contributed by atoms with Crippen molar-refractivity contribution >= 4 is 35.0 Å². The Hall–Kier alpha value is -4.05. The number of nitrogen functional groups attached to an aromatic ring is 1. The monoisotopic (exact) mass is 514 g/mol. The van der Waals surface area contributed by atoms with Gasteiger partial charge in [0.2, 0.25) is 0 Å². The molecule has 0 radical (unpaired) electrons. The molecule has 0 bridgehead atoms. The van der Waals surface area contributed by atoms with Gasteiger partial charge in [-0.2, -0.15) is 0 Å². The van der Waals surface area contributed by atoms with E-state index in [1.807, 2.05) is 18.2 Å². The van der Waals surface area contributed by atoms with Gasteiger partial charge in [-0.25, -0.2) is 9.59 Å². The molecule has 0 saturated carbocycles. The number of carbonyl (C=O) groups is 2. The molecule has 1 heterocycles. The van der Waals surface area contributed by atoms with E-state index >= 15 is 0 Å². The normalized spacial score (nSPS) is 10.6. The summed E-state index contributed by atoms with van der Waals surface area (Å²) < 4.78 is 11.7. The van der Waals surface area contributed by atoms with Crippen molar-refractivity contribution < 1.29 is 19.1 Å². The second-order valence-electron chi connectivity index (χ2n) is 7.97. The van der Waals surface area contributed by atoms with Gasteiger partial charge in [0.1, 0.15) is 11.6 Å². The number of hydrogen-bond acceptors (Lipinski definition) is 7. The number of nitrogens with zero attached hydrogens (tertiary/aromatic N) is 2. The molecule has 0 unspecified atom stereocenters. The van der Waals surface area contributed by atoms with Crippen molar-refractivity contribution in [3.05, 3.63) is 85.5 Å². The second-order valence-corrected chi connectivity index (χ2v) is 8.41. The molecular formula is C25H27ClN4O6. The Labute approximate surface area is 212 Å². The lowest BCUT2D eigenvalue weighted by Crippen LogP contribution is -2.43. The number of aromatic amines is 1. The number of esters is 1. The molecular weight excluding hydrogens is 488 g/mol. The van der Waals surface area contributed by atoms with Gasteiger partial charge < -0.3 is 20.1 Å². The number of carbonyl (C=O) groups excluding carboxylic acids is 2. The molecule has 2 aromatic carbocycles. The zero-order chi connectivity index (χ0) is 26.2. The number of nitrogens with two attached hydrogens (primary N) is 1. The van der Waals surface area contributed by atoms with E-state index in [-0.39, 0.29) is 24.6 Å². The van der Waals surface area contributed by atoms with E-state index in [1.165, 1.54) is 4.57 Å². The van der Waals surface area contributed by atoms with Crippen LogP contribution in [0.4, 0.5) is 11.5 Å². The fraction of sp³-hybridized carbons (Fsp3) is 0.280. The predicted molar refractivity (Wildman–Crippen MR) is 137 cm³/mol. The maximum absolute atomic E-state index is 13.0. The number of nitrogens with one attached hydrogen (secondary N) is 1. The lowest BCUT2D eigenvalue weighted by atomic mass is 10.2. The third-order valence-corrected chi connectivity index (χ3v) is 5.49. The Balaban J connectivity index is 1.74. The van der Waals surface area contributed by atoms with E-state index in [9.17, 15) is 19.2 Å². The van der Waals surface area contributed by atoms with Gasteiger partial charge in [-0.05, 0) is 42.7 Å². The number of aryl methyl sites for hydroxylation is 1. The van der Waals surface area contributed by atoms with Crippen LogP contribution in [0.25, 0.3) is 0 Å². The first kappa shape index (κ1) is 26.6. The quantitative estimate of drug-likeness (QED) is 0.396. The van der Waals surface area contributed by atoms with Crippen LogP contribution in [0, 0.1) is 6.92 Å². The highest BCUT2D eigenvalue weighted by Crippen LogP contribution is 2.22. The molecule has 0 fully saturated rings. The summed E-state index contributed by atoms with van der Waals surface area (Å²) in [5.41, 5.74) is 6.04. The molecule has 0 saturated heterocycles. The molecule has 3 rings (SSSR count). The van der Waals surface area contributed by atoms with E-state index in [4.69, 9.17) is 26.8 Å². The summed E-state index contributed by atoms with van der Waals surface area (Å²) in [6.45, 7) is 2.73. The number of halogens is 1. The van der Waals surface area contributed by atoms with Crippen molar-refractivity contribution in [1.29, 1.82) is 0 Å². The smallest absolute Gasteiger partial charge is 0.344 e. The molecule has 3 aromatic rings. The highest BCUT2D eigenvalue weighted by Gasteiger charge is 2.25. The maximum Gasteiger partial charge on any atom is 0.344 e. The minimum Gasteiger partial charge on any atom is -0.482 e. The molecule has 1 amide bonds. The lowest BCUT2D eigenvalue weighted by molar-refractivity contribution is -0.149. The fourth-order valence-electron chi connectivity index (χ4n) is 3.52. The van der Waals surface area contributed by atoms with Crippen LogP contribution in [-0.4, -0.2) is 41.2 Å². The zero-order valence-corrected chi connectivity index (χ0v) is 20.7. The van der Waals surface area contributed by atoms with Gasteiger partial charge in [0, 0.05) is 11.6 Å². The van der Waals surface area contributed by atoms with Crippen molar-refractivity contribution in [2.24, 2.45) is 0 Å². The summed E-state index contributed by atoms with van der Waals surface area (Å²) in [5.74, 6) is -1.15. The van der Waals surface area contributed by atoms with Gasteiger partial charge >= 0.3 is 11.7 Å². The van der Waals surface area contributed by atoms with Crippen molar-refractivity contribution in [1.82, 2.24) is 9.55 Å². The summed E-state index contributed by atoms with van der Waals surface area (Å²) >= 11 is 5.91. The van der Waals surface area contributed by atoms with E-state index < -0.39 is 36.3 Å². The van der Waals surface area contributed by atoms with Crippen LogP contribution in [-0.2, 0) is 20.9 Å². The van der Waals surface area contributed by atoms with Gasteiger partial charge in [0.25, 0.3) is 11.5 Å². The number of rotatable bonds is 10. The molecule has 0 aliphatic rings. The number of anilines is 2. The van der Waals surface area contributed by atoms with Gasteiger partial charge in [-0.15, -0.1) is 0 Å². The van der Waals surface area contributed by atoms with Crippen molar-refractivity contribution in [3.63, 3.8) is 0 Å². The first-order valence-electron chi connectivity index (χ1n) is 11.2. The molecule has 0 atom stereocenters. The minimum absolute atomic E-state index is 0.0971. The minimum atomic E-state index is -0.809. The van der Waals surface area contributed by atoms with Crippen LogP contribution in [0.1, 0.15) is 24.5 Å². The molecule has 190 valence electrons. The zero-order valence-electron chi connectivity index (χ0n) is 20.0. The summed E-state index contributed by atoms with van der Waals surface area (Å²) in [4.78, 5) is 53.6. The molecule has 36 heavy (non-hydrogen) atoms. The van der Waals surface area contributed by atoms with Gasteiger partial charge in [0.15, 0.2) is 18.9 Å². The largest absolute Gasteiger partial charge is 0.482 e. The van der Waals surface area contributed by atoms with Crippen LogP contribution in [0.5, 0.6) is 5.75 Å². The van der Waals surface area contributed by atoms with Gasteiger partial charge in [0.05, 0.1) is 6.54 Å². The van der Waals surface area contributed by atoms with E-state index in [0.29, 0.717) is 17.2 Å². The maximum atomic E-state index is 13.0. The van der Waals surface area contributed by atoms with Gasteiger partial charge in [-0.3, -0.25) is 19.1 Å². The molecule has 11 heteroatoms. The first-order chi connectivity index (χ1) is 17.2. The van der Waals surface area contributed by atoms with Crippen molar-refractivity contribution in [2.45, 2.75) is 26.8 Å². The molecule has 1 aromatic heterocycles. The number of hydrogen-bond donors (Lipinski definition) is 2. The Kier molecular flexibility index (Phi) is 8.91. The Bertz CT molecular complexity index is 1350. The van der Waals surface area contributed by atoms with Crippen LogP contribution < -0.4 is 26.6 Å². The SMILES string of the molecule is CCCN(C(=O)COC(=O)COc1ccc(Cl)cc1C)c1c(N)n(Cc2ccccc2)c(=O)[nH]c1=O. The number of H-pyrrole nitrogens is 1. The Morgan fingerprint density at radius 1 is 1.11 bits per heavy atom. The second kappa shape index (κ2) is 12.1. The number of amides is 1. The number of ether oxygens (including phenoxy) is 2. The molecule has 0 aliphatic heterocycles. The van der Waals surface area contributed by atoms with Crippen LogP contribution >= 0.6 is 11.6 Å². The average Bonchev–Trinajstić information content (AvgIpc) is 2.84. The third-order valence-electron chi connectivity index (χ3n) is 5.25. The van der Waals surface area contributed by atoms with E-state index in [1.54, 1.807) is 44.2 Å². The molecule has 10 nitrogen and oxygen atoms in total. The topological polar surface area (TPSA) is 137 Å². The van der Waals surface area contributed by atoms with Crippen molar-refractivity contribution in [2.75, 3.05) is 30.4 Å². The predicted octanol–water partition coefficient (Wildman–Crippen LogP) is 2.49. The Morgan fingerprint density at radius 3 is 2.50 bits per heavy atom. The summed E-state index contributed by atoms with van der Waals surface area (Å²) in [6, 6.07) is 14.0. The summed E-state index contributed by atoms with van der Waals surface area (Å²) in [5, 5.41) is 0.536. The van der Waals surface area contributed by atoms with Crippen molar-refractivity contribution in [3.8, 4) is 5.75 Å². The number of aromatic nitrogens is 2. The highest BCUT2D eigenvalue weighted by atomic mass is 35.5. The molecule has 0 spiro atoms. The van der Waals surface area contributed by atoms with Crippen LogP contribution in [0.3, 0.4) is 0 Å². The third kappa shape index (κ3) is 6.54. The molecule has 3 N–H and O–H groups in total.